The second-order valence-corrected chi connectivity index (χ2v) is 7.15. The number of nitriles is 1. The summed E-state index contributed by atoms with van der Waals surface area (Å²) in [5.74, 6) is -0.195. The van der Waals surface area contributed by atoms with Crippen LogP contribution < -0.4 is 4.74 Å². The standard InChI is InChI=1S/C21H26N2O4/c1-4-7-21(11-17(24)25)20-15(6-9-27-21)18-14(12-22)10-16(26-8-5-2)13(3)19(18)23-20/h10,23H,4-9,11H2,1-3H3,(H,24,25)/t21-/m0/s1. The Balaban J connectivity index is 2.26. The summed E-state index contributed by atoms with van der Waals surface area (Å²) in [6.07, 6.45) is 2.85. The van der Waals surface area contributed by atoms with Crippen LogP contribution >= 0.6 is 0 Å². The summed E-state index contributed by atoms with van der Waals surface area (Å²) in [5.41, 5.74) is 3.28. The molecule has 1 aliphatic rings. The molecule has 0 unspecified atom stereocenters. The van der Waals surface area contributed by atoms with Gasteiger partial charge in [-0.1, -0.05) is 20.3 Å². The Bertz CT molecular complexity index is 909. The number of ether oxygens (including phenoxy) is 2. The van der Waals surface area contributed by atoms with Gasteiger partial charge in [-0.15, -0.1) is 0 Å². The van der Waals surface area contributed by atoms with Gasteiger partial charge in [-0.2, -0.15) is 5.26 Å². The predicted octanol–water partition coefficient (Wildman–Crippen LogP) is 4.18. The lowest BCUT2D eigenvalue weighted by molar-refractivity contribution is -0.149. The molecule has 144 valence electrons. The highest BCUT2D eigenvalue weighted by Crippen LogP contribution is 2.44. The normalized spacial score (nSPS) is 18.9. The number of carboxylic acids is 1. The number of carbonyl (C=O) groups is 1. The molecule has 6 nitrogen and oxygen atoms in total. The molecule has 0 bridgehead atoms. The van der Waals surface area contributed by atoms with Gasteiger partial charge in [0.25, 0.3) is 0 Å². The molecule has 1 aromatic heterocycles. The largest absolute Gasteiger partial charge is 0.493 e. The Labute approximate surface area is 159 Å². The number of hydrogen-bond acceptors (Lipinski definition) is 4. The van der Waals surface area contributed by atoms with Gasteiger partial charge < -0.3 is 19.6 Å². The van der Waals surface area contributed by atoms with Crippen LogP contribution in [0.3, 0.4) is 0 Å². The monoisotopic (exact) mass is 370 g/mol. The average Bonchev–Trinajstić information content (AvgIpc) is 3.03. The van der Waals surface area contributed by atoms with Gasteiger partial charge in [0.05, 0.1) is 42.5 Å². The van der Waals surface area contributed by atoms with Crippen molar-refractivity contribution in [2.75, 3.05) is 13.2 Å². The van der Waals surface area contributed by atoms with Crippen LogP contribution in [0.25, 0.3) is 10.9 Å². The Morgan fingerprint density at radius 3 is 2.85 bits per heavy atom. The highest BCUT2D eigenvalue weighted by molar-refractivity contribution is 5.94. The van der Waals surface area contributed by atoms with Crippen LogP contribution in [-0.2, 0) is 21.6 Å². The van der Waals surface area contributed by atoms with E-state index in [1.807, 2.05) is 20.8 Å². The summed E-state index contributed by atoms with van der Waals surface area (Å²) in [4.78, 5) is 15.0. The molecule has 0 saturated carbocycles. The molecule has 0 aliphatic carbocycles. The first kappa shape index (κ1) is 19.2. The fourth-order valence-corrected chi connectivity index (χ4v) is 4.13. The van der Waals surface area contributed by atoms with Gasteiger partial charge in [-0.3, -0.25) is 4.79 Å². The smallest absolute Gasteiger partial charge is 0.306 e. The third-order valence-electron chi connectivity index (χ3n) is 5.25. The predicted molar refractivity (Wildman–Crippen MR) is 102 cm³/mol. The molecule has 1 atom stereocenters. The third kappa shape index (κ3) is 3.28. The maximum absolute atomic E-state index is 11.6. The van der Waals surface area contributed by atoms with E-state index in [1.165, 1.54) is 0 Å². The number of aromatic nitrogens is 1. The second-order valence-electron chi connectivity index (χ2n) is 7.15. The third-order valence-corrected chi connectivity index (χ3v) is 5.25. The van der Waals surface area contributed by atoms with Crippen molar-refractivity contribution in [1.29, 1.82) is 5.26 Å². The van der Waals surface area contributed by atoms with Crippen molar-refractivity contribution >= 4 is 16.9 Å². The molecule has 0 fully saturated rings. The number of fused-ring (bicyclic) bond motifs is 3. The van der Waals surface area contributed by atoms with Crippen LogP contribution in [0.15, 0.2) is 6.07 Å². The molecule has 27 heavy (non-hydrogen) atoms. The SMILES string of the molecule is CCCOc1cc(C#N)c2c3c([nH]c2c1C)[C@](CCC)(CC(=O)O)OCC3. The van der Waals surface area contributed by atoms with Gasteiger partial charge in [0.2, 0.25) is 0 Å². The minimum absolute atomic E-state index is 0.0964. The quantitative estimate of drug-likeness (QED) is 0.762. The minimum Gasteiger partial charge on any atom is -0.493 e. The fourth-order valence-electron chi connectivity index (χ4n) is 4.13. The molecular formula is C21H26N2O4. The van der Waals surface area contributed by atoms with Crippen molar-refractivity contribution in [3.63, 3.8) is 0 Å². The highest BCUT2D eigenvalue weighted by atomic mass is 16.5. The lowest BCUT2D eigenvalue weighted by atomic mass is 9.84. The number of hydrogen-bond donors (Lipinski definition) is 2. The number of rotatable bonds is 7. The number of benzene rings is 1. The number of nitrogens with zero attached hydrogens (tertiary/aromatic N) is 1. The van der Waals surface area contributed by atoms with Gasteiger partial charge in [-0.05, 0) is 37.8 Å². The molecule has 6 heteroatoms. The van der Waals surface area contributed by atoms with Crippen molar-refractivity contribution in [2.24, 2.45) is 0 Å². The molecule has 3 rings (SSSR count). The van der Waals surface area contributed by atoms with Crippen LogP contribution in [0.5, 0.6) is 5.75 Å². The van der Waals surface area contributed by atoms with Crippen LogP contribution in [-0.4, -0.2) is 29.3 Å². The van der Waals surface area contributed by atoms with E-state index in [-0.39, 0.29) is 6.42 Å². The summed E-state index contributed by atoms with van der Waals surface area (Å²) in [5, 5.41) is 20.1. The number of carboxylic acid groups (broad SMARTS) is 1. The van der Waals surface area contributed by atoms with E-state index in [9.17, 15) is 15.2 Å². The van der Waals surface area contributed by atoms with E-state index < -0.39 is 11.6 Å². The molecule has 0 amide bonds. The maximum atomic E-state index is 11.6. The van der Waals surface area contributed by atoms with Gasteiger partial charge in [0.1, 0.15) is 11.4 Å². The first-order chi connectivity index (χ1) is 13.0. The topological polar surface area (TPSA) is 95.3 Å². The number of nitrogens with one attached hydrogen (secondary N) is 1. The molecule has 1 aliphatic heterocycles. The number of aromatic amines is 1. The van der Waals surface area contributed by atoms with Crippen LogP contribution in [0.1, 0.15) is 61.9 Å². The van der Waals surface area contributed by atoms with Crippen molar-refractivity contribution in [1.82, 2.24) is 4.98 Å². The summed E-state index contributed by atoms with van der Waals surface area (Å²) in [7, 11) is 0. The summed E-state index contributed by atoms with van der Waals surface area (Å²) >= 11 is 0. The van der Waals surface area contributed by atoms with Crippen molar-refractivity contribution < 1.29 is 19.4 Å². The minimum atomic E-state index is -0.890. The lowest BCUT2D eigenvalue weighted by Gasteiger charge is -2.36. The Morgan fingerprint density at radius 1 is 1.44 bits per heavy atom. The van der Waals surface area contributed by atoms with Gasteiger partial charge >= 0.3 is 5.97 Å². The zero-order valence-corrected chi connectivity index (χ0v) is 16.1. The molecule has 2 heterocycles. The van der Waals surface area contributed by atoms with E-state index in [4.69, 9.17) is 9.47 Å². The maximum Gasteiger partial charge on any atom is 0.306 e. The van der Waals surface area contributed by atoms with Gasteiger partial charge in [0.15, 0.2) is 0 Å². The number of H-pyrrole nitrogens is 1. The van der Waals surface area contributed by atoms with Gasteiger partial charge in [-0.25, -0.2) is 0 Å². The van der Waals surface area contributed by atoms with E-state index in [1.54, 1.807) is 6.07 Å². The average molecular weight is 370 g/mol. The molecule has 0 saturated heterocycles. The molecule has 2 aromatic rings. The number of aryl methyl sites for hydroxylation is 1. The van der Waals surface area contributed by atoms with E-state index >= 15 is 0 Å². The molecule has 0 spiro atoms. The zero-order chi connectivity index (χ0) is 19.6. The van der Waals surface area contributed by atoms with E-state index in [0.717, 1.165) is 40.6 Å². The molecule has 0 radical (unpaired) electrons. The van der Waals surface area contributed by atoms with Gasteiger partial charge in [0, 0.05) is 10.9 Å². The van der Waals surface area contributed by atoms with Crippen LogP contribution in [0.4, 0.5) is 0 Å². The molecule has 2 N–H and O–H groups in total. The first-order valence-corrected chi connectivity index (χ1v) is 9.54. The summed E-state index contributed by atoms with van der Waals surface area (Å²) in [6, 6.07) is 4.09. The van der Waals surface area contributed by atoms with Crippen molar-refractivity contribution in [2.45, 2.75) is 58.5 Å². The van der Waals surface area contributed by atoms with E-state index in [0.29, 0.717) is 37.4 Å². The molecule has 1 aromatic carbocycles. The van der Waals surface area contributed by atoms with E-state index in [2.05, 4.69) is 11.1 Å². The molecular weight excluding hydrogens is 344 g/mol. The fraction of sp³-hybridized carbons (Fsp3) is 0.524. The summed E-state index contributed by atoms with van der Waals surface area (Å²) in [6.45, 7) is 7.06. The lowest BCUT2D eigenvalue weighted by Crippen LogP contribution is -2.37. The van der Waals surface area contributed by atoms with Crippen LogP contribution in [0.2, 0.25) is 0 Å². The van der Waals surface area contributed by atoms with Crippen LogP contribution in [0, 0.1) is 18.3 Å². The highest BCUT2D eigenvalue weighted by Gasteiger charge is 2.42. The Kier molecular flexibility index (Phi) is 5.43. The zero-order valence-electron chi connectivity index (χ0n) is 16.1. The second kappa shape index (κ2) is 7.61. The van der Waals surface area contributed by atoms with Crippen molar-refractivity contribution in [3.05, 3.63) is 28.5 Å². The summed E-state index contributed by atoms with van der Waals surface area (Å²) < 4.78 is 11.9. The number of aliphatic carboxylic acids is 1. The van der Waals surface area contributed by atoms with Crippen molar-refractivity contribution in [3.8, 4) is 11.8 Å². The first-order valence-electron chi connectivity index (χ1n) is 9.54. The Morgan fingerprint density at radius 2 is 2.22 bits per heavy atom. The Hall–Kier alpha value is -2.52.